The van der Waals surface area contributed by atoms with Gasteiger partial charge in [-0.15, -0.1) is 11.3 Å². The normalized spacial score (nSPS) is 15.5. The fourth-order valence-corrected chi connectivity index (χ4v) is 7.85. The minimum atomic E-state index is -3.58. The van der Waals surface area contributed by atoms with E-state index >= 15 is 0 Å². The molecule has 0 saturated carbocycles. The molecule has 34 heavy (non-hydrogen) atoms. The predicted molar refractivity (Wildman–Crippen MR) is 139 cm³/mol. The largest absolute Gasteiger partial charge is 0.367 e. The Morgan fingerprint density at radius 3 is 2.62 bits per heavy atom. The lowest BCUT2D eigenvalue weighted by atomic mass is 10.2. The van der Waals surface area contributed by atoms with E-state index in [9.17, 15) is 13.2 Å². The van der Waals surface area contributed by atoms with Crippen LogP contribution in [0.3, 0.4) is 0 Å². The number of H-pyrrole nitrogens is 2. The summed E-state index contributed by atoms with van der Waals surface area (Å²) in [5.41, 5.74) is 3.19. The van der Waals surface area contributed by atoms with Gasteiger partial charge < -0.3 is 14.9 Å². The average molecular weight is 520 g/mol. The van der Waals surface area contributed by atoms with Crippen molar-refractivity contribution in [2.45, 2.75) is 17.6 Å². The highest BCUT2D eigenvalue weighted by atomic mass is 35.5. The minimum Gasteiger partial charge on any atom is -0.367 e. The minimum absolute atomic E-state index is 0.197. The molecule has 0 amide bonds. The maximum atomic E-state index is 12.9. The predicted octanol–water partition coefficient (Wildman–Crippen LogP) is 3.52. The van der Waals surface area contributed by atoms with Crippen molar-refractivity contribution in [2.75, 3.05) is 44.2 Å². The third-order valence-corrected chi connectivity index (χ3v) is 9.94. The van der Waals surface area contributed by atoms with Crippen molar-refractivity contribution in [3.8, 4) is 0 Å². The molecule has 3 N–H and O–H groups in total. The SMILES string of the molecule is Cc1c(S(=O)(=O)NCCCN2CCN(c3cccc4[nH]c(=O)[nH]c34)CC2)sc2cccc(Cl)c12. The van der Waals surface area contributed by atoms with Crippen molar-refractivity contribution in [3.63, 3.8) is 0 Å². The number of aromatic amines is 2. The lowest BCUT2D eigenvalue weighted by Crippen LogP contribution is -2.47. The van der Waals surface area contributed by atoms with Gasteiger partial charge in [0.1, 0.15) is 4.21 Å². The van der Waals surface area contributed by atoms with Gasteiger partial charge in [-0.3, -0.25) is 4.90 Å². The zero-order valence-corrected chi connectivity index (χ0v) is 21.1. The first-order valence-corrected chi connectivity index (χ1v) is 13.9. The maximum absolute atomic E-state index is 12.9. The fourth-order valence-electron chi connectivity index (χ4n) is 4.58. The second-order valence-electron chi connectivity index (χ2n) is 8.49. The number of fused-ring (bicyclic) bond motifs is 2. The van der Waals surface area contributed by atoms with Crippen LogP contribution in [-0.4, -0.2) is 62.6 Å². The first kappa shape index (κ1) is 23.4. The number of nitrogens with one attached hydrogen (secondary N) is 3. The summed E-state index contributed by atoms with van der Waals surface area (Å²) in [5.74, 6) is 0. The van der Waals surface area contributed by atoms with E-state index in [0.717, 1.165) is 66.0 Å². The number of nitrogens with zero attached hydrogens (tertiary/aromatic N) is 2. The Hall–Kier alpha value is -2.37. The van der Waals surface area contributed by atoms with Crippen LogP contribution in [0.2, 0.25) is 5.02 Å². The summed E-state index contributed by atoms with van der Waals surface area (Å²) in [4.78, 5) is 22.0. The highest BCUT2D eigenvalue weighted by Gasteiger charge is 2.23. The van der Waals surface area contributed by atoms with Crippen molar-refractivity contribution >= 4 is 59.8 Å². The summed E-state index contributed by atoms with van der Waals surface area (Å²) in [5, 5.41) is 1.39. The van der Waals surface area contributed by atoms with Gasteiger partial charge in [-0.1, -0.05) is 23.7 Å². The molecule has 0 radical (unpaired) electrons. The van der Waals surface area contributed by atoms with Gasteiger partial charge in [0.2, 0.25) is 10.0 Å². The molecule has 3 heterocycles. The zero-order valence-electron chi connectivity index (χ0n) is 18.7. The monoisotopic (exact) mass is 519 g/mol. The topological polar surface area (TPSA) is 101 Å². The van der Waals surface area contributed by atoms with Gasteiger partial charge in [0, 0.05) is 47.8 Å². The number of benzene rings is 2. The molecule has 2 aromatic heterocycles. The third kappa shape index (κ3) is 4.48. The quantitative estimate of drug-likeness (QED) is 0.324. The summed E-state index contributed by atoms with van der Waals surface area (Å²) in [6.45, 7) is 6.46. The van der Waals surface area contributed by atoms with Crippen molar-refractivity contribution in [2.24, 2.45) is 0 Å². The van der Waals surface area contributed by atoms with Crippen LogP contribution in [0, 0.1) is 6.92 Å². The second kappa shape index (κ2) is 9.35. The Kier molecular flexibility index (Phi) is 6.43. The van der Waals surface area contributed by atoms with Crippen LogP contribution in [0.5, 0.6) is 0 Å². The van der Waals surface area contributed by atoms with E-state index in [1.54, 1.807) is 6.07 Å². The Morgan fingerprint density at radius 1 is 1.09 bits per heavy atom. The number of halogens is 1. The molecular formula is C23H26ClN5O3S2. The lowest BCUT2D eigenvalue weighted by Gasteiger charge is -2.36. The Balaban J connectivity index is 1.14. The van der Waals surface area contributed by atoms with Gasteiger partial charge in [-0.05, 0) is 49.7 Å². The van der Waals surface area contributed by atoms with Gasteiger partial charge in [-0.25, -0.2) is 17.9 Å². The van der Waals surface area contributed by atoms with Crippen LogP contribution in [0.4, 0.5) is 5.69 Å². The number of aromatic nitrogens is 2. The Morgan fingerprint density at radius 2 is 1.85 bits per heavy atom. The number of imidazole rings is 1. The van der Waals surface area contributed by atoms with Gasteiger partial charge >= 0.3 is 5.69 Å². The van der Waals surface area contributed by atoms with Gasteiger partial charge in [0.15, 0.2) is 0 Å². The molecule has 0 bridgehead atoms. The summed E-state index contributed by atoms with van der Waals surface area (Å²) >= 11 is 7.54. The molecular weight excluding hydrogens is 494 g/mol. The van der Waals surface area contributed by atoms with E-state index in [4.69, 9.17) is 11.6 Å². The highest BCUT2D eigenvalue weighted by Crippen LogP contribution is 2.37. The van der Waals surface area contributed by atoms with Gasteiger partial charge in [0.25, 0.3) is 0 Å². The van der Waals surface area contributed by atoms with E-state index in [0.29, 0.717) is 21.3 Å². The van der Waals surface area contributed by atoms with E-state index in [1.165, 1.54) is 11.3 Å². The molecule has 1 aliphatic heterocycles. The molecule has 1 saturated heterocycles. The number of anilines is 1. The molecule has 180 valence electrons. The van der Waals surface area contributed by atoms with E-state index in [1.807, 2.05) is 37.3 Å². The molecule has 4 aromatic rings. The number of hydrogen-bond acceptors (Lipinski definition) is 6. The fraction of sp³-hybridized carbons (Fsp3) is 0.348. The standard InChI is InChI=1S/C23H26ClN5O3S2/c1-15-20-16(24)5-2-8-19(20)33-22(15)34(31,32)25-9-4-10-28-11-13-29(14-12-28)18-7-3-6-17-21(18)27-23(30)26-17/h2-3,5-8,25H,4,9-14H2,1H3,(H2,26,27,30). The first-order valence-electron chi connectivity index (χ1n) is 11.2. The molecule has 0 aliphatic carbocycles. The molecule has 0 unspecified atom stereocenters. The van der Waals surface area contributed by atoms with E-state index in [-0.39, 0.29) is 5.69 Å². The van der Waals surface area contributed by atoms with Gasteiger partial charge in [-0.2, -0.15) is 0 Å². The molecule has 1 fully saturated rings. The molecule has 1 aliphatic rings. The van der Waals surface area contributed by atoms with Gasteiger partial charge in [0.05, 0.1) is 16.7 Å². The van der Waals surface area contributed by atoms with Crippen LogP contribution in [-0.2, 0) is 10.0 Å². The lowest BCUT2D eigenvalue weighted by molar-refractivity contribution is 0.255. The molecule has 5 rings (SSSR count). The molecule has 2 aromatic carbocycles. The van der Waals surface area contributed by atoms with Crippen molar-refractivity contribution < 1.29 is 8.42 Å². The van der Waals surface area contributed by atoms with Crippen LogP contribution >= 0.6 is 22.9 Å². The smallest absolute Gasteiger partial charge is 0.323 e. The number of para-hydroxylation sites is 1. The Labute approximate surface area is 206 Å². The summed E-state index contributed by atoms with van der Waals surface area (Å²) in [7, 11) is -3.58. The average Bonchev–Trinajstić information content (AvgIpc) is 3.37. The molecule has 11 heteroatoms. The number of rotatable bonds is 7. The molecule has 0 spiro atoms. The second-order valence-corrected chi connectivity index (χ2v) is 11.9. The number of sulfonamides is 1. The zero-order chi connectivity index (χ0) is 23.9. The highest BCUT2D eigenvalue weighted by molar-refractivity contribution is 7.91. The van der Waals surface area contributed by atoms with Crippen LogP contribution in [0.25, 0.3) is 21.1 Å². The molecule has 0 atom stereocenters. The first-order chi connectivity index (χ1) is 16.3. The van der Waals surface area contributed by atoms with E-state index < -0.39 is 10.0 Å². The molecule has 8 nitrogen and oxygen atoms in total. The number of aryl methyl sites for hydroxylation is 1. The van der Waals surface area contributed by atoms with Crippen molar-refractivity contribution in [1.29, 1.82) is 0 Å². The summed E-state index contributed by atoms with van der Waals surface area (Å²) in [6.07, 6.45) is 0.727. The van der Waals surface area contributed by atoms with E-state index in [2.05, 4.69) is 24.5 Å². The number of piperazine rings is 1. The summed E-state index contributed by atoms with van der Waals surface area (Å²) < 4.78 is 29.8. The van der Waals surface area contributed by atoms with Crippen molar-refractivity contribution in [1.82, 2.24) is 19.6 Å². The summed E-state index contributed by atoms with van der Waals surface area (Å²) in [6, 6.07) is 11.4. The number of hydrogen-bond donors (Lipinski definition) is 3. The maximum Gasteiger partial charge on any atom is 0.323 e. The van der Waals surface area contributed by atoms with Crippen LogP contribution in [0.15, 0.2) is 45.4 Å². The Bertz CT molecular complexity index is 1500. The van der Waals surface area contributed by atoms with Crippen LogP contribution < -0.4 is 15.3 Å². The van der Waals surface area contributed by atoms with Crippen molar-refractivity contribution in [3.05, 3.63) is 57.5 Å². The van der Waals surface area contributed by atoms with Crippen LogP contribution in [0.1, 0.15) is 12.0 Å². The number of thiophene rings is 1. The third-order valence-electron chi connectivity index (χ3n) is 6.29.